The summed E-state index contributed by atoms with van der Waals surface area (Å²) in [5, 5.41) is 8.55. The smallest absolute Gasteiger partial charge is 0.291 e. The molecular formula is C23H23N3O4S. The molecule has 2 aromatic carbocycles. The van der Waals surface area contributed by atoms with Crippen LogP contribution >= 0.6 is 12.2 Å². The highest BCUT2D eigenvalue weighted by Crippen LogP contribution is 2.21. The van der Waals surface area contributed by atoms with Crippen LogP contribution in [0.15, 0.2) is 65.3 Å². The molecule has 3 N–H and O–H groups in total. The highest BCUT2D eigenvalue weighted by atomic mass is 32.1. The number of nitrogens with one attached hydrogen (secondary N) is 3. The van der Waals surface area contributed by atoms with Gasteiger partial charge in [0.1, 0.15) is 5.75 Å². The summed E-state index contributed by atoms with van der Waals surface area (Å²) < 4.78 is 10.7. The Labute approximate surface area is 185 Å². The summed E-state index contributed by atoms with van der Waals surface area (Å²) in [5.74, 6) is 0.102. The predicted octanol–water partition coefficient (Wildman–Crippen LogP) is 4.75. The van der Waals surface area contributed by atoms with Crippen molar-refractivity contribution in [3.63, 3.8) is 0 Å². The number of thiocarbonyl (C=S) groups is 1. The average Bonchev–Trinajstić information content (AvgIpc) is 3.25. The minimum Gasteiger partial charge on any atom is -0.491 e. The van der Waals surface area contributed by atoms with Crippen LogP contribution in [-0.2, 0) is 0 Å². The molecule has 8 heteroatoms. The van der Waals surface area contributed by atoms with Gasteiger partial charge < -0.3 is 19.8 Å². The van der Waals surface area contributed by atoms with Crippen molar-refractivity contribution in [3.8, 4) is 5.75 Å². The lowest BCUT2D eigenvalue weighted by Gasteiger charge is -2.14. The van der Waals surface area contributed by atoms with Gasteiger partial charge in [-0.15, -0.1) is 0 Å². The van der Waals surface area contributed by atoms with Gasteiger partial charge in [0.2, 0.25) is 0 Å². The normalized spacial score (nSPS) is 10.5. The highest BCUT2D eigenvalue weighted by Gasteiger charge is 2.12. The zero-order chi connectivity index (χ0) is 22.4. The predicted molar refractivity (Wildman–Crippen MR) is 124 cm³/mol. The van der Waals surface area contributed by atoms with Crippen molar-refractivity contribution >= 4 is 40.5 Å². The van der Waals surface area contributed by atoms with Crippen LogP contribution in [0.4, 0.5) is 11.4 Å². The SMILES string of the molecule is Cc1ccc(NC(=O)c2ccco2)cc1NC(=S)NC(=O)c1cccc(OC(C)C)c1. The zero-order valence-corrected chi connectivity index (χ0v) is 18.2. The van der Waals surface area contributed by atoms with Gasteiger partial charge in [-0.1, -0.05) is 12.1 Å². The van der Waals surface area contributed by atoms with Gasteiger partial charge >= 0.3 is 0 Å². The third-order valence-electron chi connectivity index (χ3n) is 4.18. The van der Waals surface area contributed by atoms with Crippen molar-refractivity contribution in [1.29, 1.82) is 0 Å². The zero-order valence-electron chi connectivity index (χ0n) is 17.4. The van der Waals surface area contributed by atoms with Gasteiger partial charge in [-0.05, 0) is 81.0 Å². The van der Waals surface area contributed by atoms with Gasteiger partial charge in [-0.3, -0.25) is 14.9 Å². The van der Waals surface area contributed by atoms with Crippen molar-refractivity contribution in [2.75, 3.05) is 10.6 Å². The highest BCUT2D eigenvalue weighted by molar-refractivity contribution is 7.80. The molecule has 0 fully saturated rings. The summed E-state index contributed by atoms with van der Waals surface area (Å²) in [4.78, 5) is 24.7. The fourth-order valence-electron chi connectivity index (χ4n) is 2.75. The summed E-state index contributed by atoms with van der Waals surface area (Å²) in [5.41, 5.74) is 2.53. The number of anilines is 2. The molecule has 0 aliphatic heterocycles. The number of hydrogen-bond donors (Lipinski definition) is 3. The summed E-state index contributed by atoms with van der Waals surface area (Å²) in [6.45, 7) is 5.72. The Kier molecular flexibility index (Phi) is 7.04. The largest absolute Gasteiger partial charge is 0.491 e. The van der Waals surface area contributed by atoms with Crippen LogP contribution in [0.5, 0.6) is 5.75 Å². The van der Waals surface area contributed by atoms with Crippen LogP contribution < -0.4 is 20.7 Å². The minimum absolute atomic E-state index is 0.00424. The topological polar surface area (TPSA) is 92.6 Å². The van der Waals surface area contributed by atoms with Gasteiger partial charge in [0.05, 0.1) is 12.4 Å². The van der Waals surface area contributed by atoms with Crippen LogP contribution in [0.2, 0.25) is 0 Å². The Morgan fingerprint density at radius 1 is 1.00 bits per heavy atom. The van der Waals surface area contributed by atoms with Crippen molar-refractivity contribution in [3.05, 3.63) is 77.7 Å². The molecule has 0 aliphatic carbocycles. The third-order valence-corrected chi connectivity index (χ3v) is 4.39. The fraction of sp³-hybridized carbons (Fsp3) is 0.174. The Balaban J connectivity index is 1.64. The molecule has 0 saturated carbocycles. The Bertz CT molecular complexity index is 1090. The van der Waals surface area contributed by atoms with Crippen LogP contribution in [0.1, 0.15) is 40.3 Å². The monoisotopic (exact) mass is 437 g/mol. The quantitative estimate of drug-likeness (QED) is 0.482. The molecule has 0 spiro atoms. The molecule has 0 saturated heterocycles. The van der Waals surface area contributed by atoms with E-state index < -0.39 is 0 Å². The number of benzene rings is 2. The molecule has 0 radical (unpaired) electrons. The maximum Gasteiger partial charge on any atom is 0.291 e. The number of rotatable bonds is 6. The molecule has 2 amide bonds. The molecular weight excluding hydrogens is 414 g/mol. The number of ether oxygens (including phenoxy) is 1. The first-order chi connectivity index (χ1) is 14.8. The van der Waals surface area contributed by atoms with E-state index in [1.54, 1.807) is 48.5 Å². The lowest BCUT2D eigenvalue weighted by atomic mass is 10.1. The van der Waals surface area contributed by atoms with E-state index in [-0.39, 0.29) is 28.8 Å². The van der Waals surface area contributed by atoms with E-state index in [9.17, 15) is 9.59 Å². The molecule has 1 heterocycles. The second kappa shape index (κ2) is 9.90. The molecule has 0 atom stereocenters. The maximum absolute atomic E-state index is 12.6. The molecule has 3 rings (SSSR count). The summed E-state index contributed by atoms with van der Waals surface area (Å²) in [7, 11) is 0. The van der Waals surface area contributed by atoms with Crippen LogP contribution in [0, 0.1) is 6.92 Å². The first-order valence-corrected chi connectivity index (χ1v) is 10.1. The van der Waals surface area contributed by atoms with E-state index in [2.05, 4.69) is 16.0 Å². The standard InChI is InChI=1S/C23H23N3O4S/c1-14(2)30-18-7-4-6-16(12-18)21(27)26-23(31)25-19-13-17(10-9-15(19)3)24-22(28)20-8-5-11-29-20/h4-14H,1-3H3,(H,24,28)(H2,25,26,27,31). The van der Waals surface area contributed by atoms with Gasteiger partial charge in [0.15, 0.2) is 10.9 Å². The second-order valence-electron chi connectivity index (χ2n) is 7.06. The van der Waals surface area contributed by atoms with Crippen molar-refractivity contribution in [2.45, 2.75) is 26.9 Å². The maximum atomic E-state index is 12.6. The third kappa shape index (κ3) is 6.16. The van der Waals surface area contributed by atoms with E-state index in [1.807, 2.05) is 26.8 Å². The van der Waals surface area contributed by atoms with E-state index >= 15 is 0 Å². The molecule has 160 valence electrons. The van der Waals surface area contributed by atoms with Gasteiger partial charge in [-0.2, -0.15) is 0 Å². The second-order valence-corrected chi connectivity index (χ2v) is 7.47. The fourth-order valence-corrected chi connectivity index (χ4v) is 2.95. The molecule has 0 bridgehead atoms. The lowest BCUT2D eigenvalue weighted by molar-refractivity contribution is 0.0974. The molecule has 31 heavy (non-hydrogen) atoms. The first-order valence-electron chi connectivity index (χ1n) is 9.66. The molecule has 7 nitrogen and oxygen atoms in total. The van der Waals surface area contributed by atoms with Gasteiger partial charge in [-0.25, -0.2) is 0 Å². The van der Waals surface area contributed by atoms with E-state index in [1.165, 1.54) is 6.26 Å². The van der Waals surface area contributed by atoms with Crippen molar-refractivity contribution in [2.24, 2.45) is 0 Å². The van der Waals surface area contributed by atoms with E-state index in [4.69, 9.17) is 21.4 Å². The molecule has 0 aliphatic rings. The van der Waals surface area contributed by atoms with Crippen LogP contribution in [0.25, 0.3) is 0 Å². The minimum atomic E-state index is -0.362. The molecule has 3 aromatic rings. The van der Waals surface area contributed by atoms with Crippen molar-refractivity contribution < 1.29 is 18.7 Å². The number of amides is 2. The van der Waals surface area contributed by atoms with Crippen LogP contribution in [-0.4, -0.2) is 23.0 Å². The number of carbonyl (C=O) groups is 2. The molecule has 1 aromatic heterocycles. The average molecular weight is 438 g/mol. The Morgan fingerprint density at radius 3 is 2.52 bits per heavy atom. The van der Waals surface area contributed by atoms with E-state index in [0.717, 1.165) is 5.56 Å². The number of hydrogen-bond acceptors (Lipinski definition) is 5. The number of carbonyl (C=O) groups excluding carboxylic acids is 2. The van der Waals surface area contributed by atoms with Gasteiger partial charge in [0, 0.05) is 16.9 Å². The summed E-state index contributed by atoms with van der Waals surface area (Å²) in [6, 6.07) is 15.4. The Hall–Kier alpha value is -3.65. The van der Waals surface area contributed by atoms with Gasteiger partial charge in [0.25, 0.3) is 11.8 Å². The molecule has 0 unspecified atom stereocenters. The number of furan rings is 1. The lowest BCUT2D eigenvalue weighted by Crippen LogP contribution is -2.34. The number of aryl methyl sites for hydroxylation is 1. The summed E-state index contributed by atoms with van der Waals surface area (Å²) in [6.07, 6.45) is 1.44. The summed E-state index contributed by atoms with van der Waals surface area (Å²) >= 11 is 5.29. The van der Waals surface area contributed by atoms with E-state index in [0.29, 0.717) is 22.7 Å². The van der Waals surface area contributed by atoms with Crippen LogP contribution in [0.3, 0.4) is 0 Å². The Morgan fingerprint density at radius 2 is 1.81 bits per heavy atom. The van der Waals surface area contributed by atoms with Crippen molar-refractivity contribution in [1.82, 2.24) is 5.32 Å². The first kappa shape index (κ1) is 22.0.